The van der Waals surface area contributed by atoms with Gasteiger partial charge in [0.05, 0.1) is 0 Å². The highest BCUT2D eigenvalue weighted by Gasteiger charge is 2.25. The third kappa shape index (κ3) is 6.26. The average molecular weight is 399 g/mol. The van der Waals surface area contributed by atoms with Gasteiger partial charge < -0.3 is 15.0 Å². The van der Waals surface area contributed by atoms with E-state index < -0.39 is 5.60 Å². The van der Waals surface area contributed by atoms with E-state index in [9.17, 15) is 4.79 Å². The fraction of sp³-hybridized carbons (Fsp3) is 0.706. The molecule has 1 amide bonds. The summed E-state index contributed by atoms with van der Waals surface area (Å²) in [4.78, 5) is 14.0. The van der Waals surface area contributed by atoms with E-state index in [1.165, 1.54) is 0 Å². The Bertz CT molecular complexity index is 537. The molecule has 0 atom stereocenters. The molecule has 1 aromatic rings. The summed E-state index contributed by atoms with van der Waals surface area (Å²) in [6, 6.07) is 4.08. The minimum absolute atomic E-state index is 0.217. The molecule has 0 radical (unpaired) electrons. The molecule has 0 aromatic carbocycles. The maximum atomic E-state index is 11.8. The number of alkyl carbamates (subject to hydrolysis) is 1. The third-order valence-electron chi connectivity index (χ3n) is 4.11. The molecule has 6 nitrogen and oxygen atoms in total. The van der Waals surface area contributed by atoms with Crippen LogP contribution in [0.5, 0.6) is 0 Å². The Kier molecular flexibility index (Phi) is 6.43. The summed E-state index contributed by atoms with van der Waals surface area (Å²) < 4.78 is 6.07. The number of nitrogens with zero attached hydrogens (tertiary/aromatic N) is 3. The minimum Gasteiger partial charge on any atom is -0.444 e. The second kappa shape index (κ2) is 8.14. The molecule has 7 heteroatoms. The van der Waals surface area contributed by atoms with Crippen LogP contribution in [0.25, 0.3) is 0 Å². The first-order valence-electron chi connectivity index (χ1n) is 8.43. The van der Waals surface area contributed by atoms with Gasteiger partial charge in [-0.3, -0.25) is 0 Å². The molecule has 0 bridgehead atoms. The van der Waals surface area contributed by atoms with Crippen LogP contribution in [0.1, 0.15) is 46.5 Å². The molecule has 1 fully saturated rings. The SMILES string of the molecule is CN(C[C@H]1CC[C@H](NC(=O)OC(C)(C)C)CC1)c1ccc(Br)nn1. The van der Waals surface area contributed by atoms with E-state index in [4.69, 9.17) is 4.74 Å². The molecular formula is C17H27BrN4O2. The van der Waals surface area contributed by atoms with Crippen molar-refractivity contribution < 1.29 is 9.53 Å². The number of anilines is 1. The Morgan fingerprint density at radius 1 is 1.29 bits per heavy atom. The summed E-state index contributed by atoms with van der Waals surface area (Å²) in [5.41, 5.74) is -0.449. The predicted octanol–water partition coefficient (Wildman–Crippen LogP) is 3.76. The summed E-state index contributed by atoms with van der Waals surface area (Å²) in [6.45, 7) is 6.59. The van der Waals surface area contributed by atoms with Crippen molar-refractivity contribution >= 4 is 27.8 Å². The smallest absolute Gasteiger partial charge is 0.407 e. The molecule has 1 N–H and O–H groups in total. The summed E-state index contributed by atoms with van der Waals surface area (Å²) in [5, 5.41) is 11.2. The first-order chi connectivity index (χ1) is 11.2. The van der Waals surface area contributed by atoms with Gasteiger partial charge >= 0.3 is 6.09 Å². The number of rotatable bonds is 4. The van der Waals surface area contributed by atoms with Gasteiger partial charge in [-0.15, -0.1) is 10.2 Å². The van der Waals surface area contributed by atoms with Crippen molar-refractivity contribution in [1.82, 2.24) is 15.5 Å². The van der Waals surface area contributed by atoms with E-state index in [1.54, 1.807) is 0 Å². The van der Waals surface area contributed by atoms with Crippen LogP contribution >= 0.6 is 15.9 Å². The zero-order chi connectivity index (χ0) is 17.7. The molecule has 0 saturated heterocycles. The van der Waals surface area contributed by atoms with Gasteiger partial charge in [0.25, 0.3) is 0 Å². The number of nitrogens with one attached hydrogen (secondary N) is 1. The van der Waals surface area contributed by atoms with Gasteiger partial charge in [-0.1, -0.05) is 0 Å². The number of aromatic nitrogens is 2. The summed E-state index contributed by atoms with van der Waals surface area (Å²) in [6.07, 6.45) is 3.85. The van der Waals surface area contributed by atoms with Gasteiger partial charge in [0.1, 0.15) is 10.2 Å². The number of ether oxygens (including phenoxy) is 1. The zero-order valence-corrected chi connectivity index (χ0v) is 16.5. The first-order valence-corrected chi connectivity index (χ1v) is 9.22. The number of hydrogen-bond donors (Lipinski definition) is 1. The minimum atomic E-state index is -0.449. The highest BCUT2D eigenvalue weighted by atomic mass is 79.9. The number of halogens is 1. The predicted molar refractivity (Wildman–Crippen MR) is 98.1 cm³/mol. The molecule has 1 saturated carbocycles. The fourth-order valence-electron chi connectivity index (χ4n) is 2.96. The van der Waals surface area contributed by atoms with Crippen LogP contribution in [0.15, 0.2) is 16.7 Å². The zero-order valence-electron chi connectivity index (χ0n) is 14.9. The number of hydrogen-bond acceptors (Lipinski definition) is 5. The van der Waals surface area contributed by atoms with Crippen molar-refractivity contribution in [1.29, 1.82) is 0 Å². The molecule has 0 unspecified atom stereocenters. The van der Waals surface area contributed by atoms with Crippen LogP contribution in [0.4, 0.5) is 10.6 Å². The number of amides is 1. The van der Waals surface area contributed by atoms with E-state index in [1.807, 2.05) is 40.0 Å². The van der Waals surface area contributed by atoms with Crippen molar-refractivity contribution in [2.75, 3.05) is 18.5 Å². The second-order valence-corrected chi connectivity index (χ2v) is 8.27. The lowest BCUT2D eigenvalue weighted by molar-refractivity contribution is 0.0488. The molecule has 0 spiro atoms. The third-order valence-corrected chi connectivity index (χ3v) is 4.53. The van der Waals surface area contributed by atoms with E-state index in [-0.39, 0.29) is 12.1 Å². The van der Waals surface area contributed by atoms with Crippen molar-refractivity contribution in [3.63, 3.8) is 0 Å². The first kappa shape index (κ1) is 19.0. The molecule has 24 heavy (non-hydrogen) atoms. The quantitative estimate of drug-likeness (QED) is 0.835. The molecule has 1 aliphatic carbocycles. The fourth-order valence-corrected chi connectivity index (χ4v) is 3.17. The lowest BCUT2D eigenvalue weighted by Crippen LogP contribution is -2.42. The van der Waals surface area contributed by atoms with E-state index in [0.717, 1.165) is 42.6 Å². The molecule has 1 aliphatic rings. The van der Waals surface area contributed by atoms with Crippen molar-refractivity contribution in [2.45, 2.75) is 58.1 Å². The van der Waals surface area contributed by atoms with Crippen LogP contribution < -0.4 is 10.2 Å². The second-order valence-electron chi connectivity index (χ2n) is 7.46. The lowest BCUT2D eigenvalue weighted by Gasteiger charge is -2.32. The van der Waals surface area contributed by atoms with Crippen LogP contribution in [-0.2, 0) is 4.74 Å². The Morgan fingerprint density at radius 3 is 2.50 bits per heavy atom. The van der Waals surface area contributed by atoms with Gasteiger partial charge in [0, 0.05) is 19.6 Å². The highest BCUT2D eigenvalue weighted by Crippen LogP contribution is 2.26. The topological polar surface area (TPSA) is 67.4 Å². The van der Waals surface area contributed by atoms with E-state index in [0.29, 0.717) is 5.92 Å². The van der Waals surface area contributed by atoms with Gasteiger partial charge in [-0.2, -0.15) is 0 Å². The maximum Gasteiger partial charge on any atom is 0.407 e. The normalized spacial score (nSPS) is 21.2. The Morgan fingerprint density at radius 2 is 1.96 bits per heavy atom. The van der Waals surface area contributed by atoms with E-state index in [2.05, 4.69) is 36.3 Å². The average Bonchev–Trinajstić information content (AvgIpc) is 2.48. The molecule has 1 heterocycles. The lowest BCUT2D eigenvalue weighted by atomic mass is 9.86. The highest BCUT2D eigenvalue weighted by molar-refractivity contribution is 9.10. The largest absolute Gasteiger partial charge is 0.444 e. The van der Waals surface area contributed by atoms with Crippen LogP contribution in [0.2, 0.25) is 0 Å². The molecular weight excluding hydrogens is 372 g/mol. The van der Waals surface area contributed by atoms with Crippen LogP contribution in [0, 0.1) is 5.92 Å². The van der Waals surface area contributed by atoms with E-state index >= 15 is 0 Å². The maximum absolute atomic E-state index is 11.8. The summed E-state index contributed by atoms with van der Waals surface area (Å²) in [7, 11) is 2.04. The Balaban J connectivity index is 1.74. The monoisotopic (exact) mass is 398 g/mol. The van der Waals surface area contributed by atoms with Crippen molar-refractivity contribution in [2.24, 2.45) is 5.92 Å². The molecule has 1 aromatic heterocycles. The van der Waals surface area contributed by atoms with Gasteiger partial charge in [-0.25, -0.2) is 4.79 Å². The van der Waals surface area contributed by atoms with Crippen molar-refractivity contribution in [3.05, 3.63) is 16.7 Å². The Labute approximate surface area is 152 Å². The Hall–Kier alpha value is -1.37. The van der Waals surface area contributed by atoms with Gasteiger partial charge in [0.15, 0.2) is 5.82 Å². The van der Waals surface area contributed by atoms with Gasteiger partial charge in [0.2, 0.25) is 0 Å². The number of carbonyl (C=O) groups excluding carboxylic acids is 1. The van der Waals surface area contributed by atoms with Crippen LogP contribution in [0.3, 0.4) is 0 Å². The van der Waals surface area contributed by atoms with Crippen LogP contribution in [-0.4, -0.2) is 41.5 Å². The molecule has 0 aliphatic heterocycles. The van der Waals surface area contributed by atoms with Crippen molar-refractivity contribution in [3.8, 4) is 0 Å². The molecule has 134 valence electrons. The summed E-state index contributed by atoms with van der Waals surface area (Å²) in [5.74, 6) is 1.49. The summed E-state index contributed by atoms with van der Waals surface area (Å²) >= 11 is 3.30. The standard InChI is InChI=1S/C17H27BrN4O2/c1-17(2,3)24-16(23)19-13-7-5-12(6-8-13)11-22(4)15-10-9-14(18)20-21-15/h9-10,12-13H,5-8,11H2,1-4H3,(H,19,23)/t12-,13-. The molecule has 2 rings (SSSR count). The van der Waals surface area contributed by atoms with Gasteiger partial charge in [-0.05, 0) is 80.4 Å². The number of carbonyl (C=O) groups is 1.